The monoisotopic (exact) mass is 192 g/mol. The van der Waals surface area contributed by atoms with Crippen LogP contribution in [0.5, 0.6) is 0 Å². The molecule has 5 heteroatoms. The zero-order valence-corrected chi connectivity index (χ0v) is 8.04. The van der Waals surface area contributed by atoms with Crippen molar-refractivity contribution >= 4 is 0 Å². The van der Waals surface area contributed by atoms with Crippen LogP contribution in [0.25, 0.3) is 0 Å². The second-order valence-corrected chi connectivity index (χ2v) is 2.59. The third kappa shape index (κ3) is 11.8. The van der Waals surface area contributed by atoms with Gasteiger partial charge in [0.05, 0.1) is 13.2 Å². The van der Waals surface area contributed by atoms with E-state index in [4.69, 9.17) is 21.1 Å². The molecule has 0 fully saturated rings. The predicted molar refractivity (Wildman–Crippen MR) is 50.1 cm³/mol. The molecule has 0 saturated heterocycles. The molecule has 0 amide bonds. The second-order valence-electron chi connectivity index (χ2n) is 2.59. The molecule has 0 aliphatic rings. The van der Waals surface area contributed by atoms with E-state index in [9.17, 15) is 0 Å². The summed E-state index contributed by atoms with van der Waals surface area (Å²) >= 11 is 0. The lowest BCUT2D eigenvalue weighted by Gasteiger charge is -2.04. The van der Waals surface area contributed by atoms with Gasteiger partial charge in [-0.1, -0.05) is 0 Å². The predicted octanol–water partition coefficient (Wildman–Crippen LogP) is -0.351. The number of rotatable bonds is 10. The van der Waals surface area contributed by atoms with Crippen molar-refractivity contribution in [2.24, 2.45) is 11.6 Å². The first-order chi connectivity index (χ1) is 6.41. The van der Waals surface area contributed by atoms with Gasteiger partial charge in [-0.2, -0.15) is 0 Å². The first-order valence-corrected chi connectivity index (χ1v) is 4.59. The van der Waals surface area contributed by atoms with E-state index >= 15 is 0 Å². The molecule has 0 unspecified atom stereocenters. The Morgan fingerprint density at radius 3 is 2.00 bits per heavy atom. The van der Waals surface area contributed by atoms with E-state index in [1.54, 1.807) is 0 Å². The van der Waals surface area contributed by atoms with Gasteiger partial charge in [0.1, 0.15) is 0 Å². The molecule has 0 aliphatic heterocycles. The zero-order valence-electron chi connectivity index (χ0n) is 8.04. The van der Waals surface area contributed by atoms with E-state index in [1.165, 1.54) is 0 Å². The molecule has 0 saturated carbocycles. The molecule has 80 valence electrons. The Bertz CT molecular complexity index is 83.5. The van der Waals surface area contributed by atoms with Crippen molar-refractivity contribution in [1.82, 2.24) is 0 Å². The minimum absolute atomic E-state index is 0.439. The van der Waals surface area contributed by atoms with Gasteiger partial charge in [0, 0.05) is 19.8 Å². The van der Waals surface area contributed by atoms with Crippen LogP contribution in [0.3, 0.4) is 0 Å². The summed E-state index contributed by atoms with van der Waals surface area (Å²) in [4.78, 5) is 4.33. The Hall–Kier alpha value is -0.200. The van der Waals surface area contributed by atoms with Crippen LogP contribution < -0.4 is 11.6 Å². The van der Waals surface area contributed by atoms with E-state index in [-0.39, 0.29) is 0 Å². The number of ether oxygens (including phenoxy) is 2. The number of nitrogens with two attached hydrogens (primary N) is 2. The van der Waals surface area contributed by atoms with E-state index in [0.717, 1.165) is 26.1 Å². The van der Waals surface area contributed by atoms with E-state index in [0.29, 0.717) is 26.4 Å². The van der Waals surface area contributed by atoms with Crippen molar-refractivity contribution in [3.8, 4) is 0 Å². The first kappa shape index (κ1) is 12.8. The molecule has 0 spiro atoms. The minimum Gasteiger partial charge on any atom is -0.381 e. The number of hydrogen-bond donors (Lipinski definition) is 2. The number of hydrogen-bond acceptors (Lipinski definition) is 5. The van der Waals surface area contributed by atoms with Crippen LogP contribution in [0.2, 0.25) is 0 Å². The molecule has 0 aromatic rings. The normalized spacial score (nSPS) is 10.6. The Morgan fingerprint density at radius 2 is 1.38 bits per heavy atom. The van der Waals surface area contributed by atoms with Crippen LogP contribution in [-0.4, -0.2) is 39.6 Å². The molecular formula is C8H20N2O3. The quantitative estimate of drug-likeness (QED) is 0.365. The Kier molecular flexibility index (Phi) is 11.6. The highest BCUT2D eigenvalue weighted by Crippen LogP contribution is 1.86. The Labute approximate surface area is 79.3 Å². The van der Waals surface area contributed by atoms with Crippen molar-refractivity contribution in [3.63, 3.8) is 0 Å². The van der Waals surface area contributed by atoms with Gasteiger partial charge < -0.3 is 20.0 Å². The molecule has 0 bridgehead atoms. The molecular weight excluding hydrogens is 172 g/mol. The lowest BCUT2D eigenvalue weighted by atomic mass is 10.4. The molecule has 0 aromatic carbocycles. The fraction of sp³-hybridized carbons (Fsp3) is 1.00. The highest BCUT2D eigenvalue weighted by molar-refractivity contribution is 4.38. The maximum atomic E-state index is 5.29. The summed E-state index contributed by atoms with van der Waals surface area (Å²) in [7, 11) is 0. The van der Waals surface area contributed by atoms with Crippen LogP contribution in [0.15, 0.2) is 0 Å². The summed E-state index contributed by atoms with van der Waals surface area (Å²) in [6.07, 6.45) is 1.82. The van der Waals surface area contributed by atoms with Crippen molar-refractivity contribution in [1.29, 1.82) is 0 Å². The van der Waals surface area contributed by atoms with Gasteiger partial charge in [-0.15, -0.1) is 0 Å². The van der Waals surface area contributed by atoms with E-state index < -0.39 is 0 Å². The Morgan fingerprint density at radius 1 is 0.769 bits per heavy atom. The van der Waals surface area contributed by atoms with Gasteiger partial charge in [-0.05, 0) is 19.4 Å². The molecule has 0 aliphatic carbocycles. The molecule has 0 aromatic heterocycles. The fourth-order valence-corrected chi connectivity index (χ4v) is 0.760. The summed E-state index contributed by atoms with van der Waals surface area (Å²) in [5.41, 5.74) is 5.29. The highest BCUT2D eigenvalue weighted by atomic mass is 16.6. The van der Waals surface area contributed by atoms with Crippen LogP contribution in [-0.2, 0) is 14.3 Å². The van der Waals surface area contributed by atoms with E-state index in [2.05, 4.69) is 4.84 Å². The molecule has 0 radical (unpaired) electrons. The molecule has 4 N–H and O–H groups in total. The molecule has 0 atom stereocenters. The van der Waals surface area contributed by atoms with E-state index in [1.807, 2.05) is 0 Å². The van der Waals surface area contributed by atoms with Gasteiger partial charge in [-0.25, -0.2) is 5.90 Å². The maximum Gasteiger partial charge on any atom is 0.0913 e. The van der Waals surface area contributed by atoms with Crippen LogP contribution >= 0.6 is 0 Å². The van der Waals surface area contributed by atoms with Gasteiger partial charge >= 0.3 is 0 Å². The molecule has 0 rings (SSSR count). The summed E-state index contributed by atoms with van der Waals surface area (Å²) in [6.45, 7) is 3.82. The third-order valence-electron chi connectivity index (χ3n) is 1.42. The first-order valence-electron chi connectivity index (χ1n) is 4.59. The van der Waals surface area contributed by atoms with Crippen molar-refractivity contribution in [2.45, 2.75) is 12.8 Å². The Balaban J connectivity index is 2.76. The molecule has 5 nitrogen and oxygen atoms in total. The van der Waals surface area contributed by atoms with Crippen molar-refractivity contribution < 1.29 is 14.3 Å². The summed E-state index contributed by atoms with van der Waals surface area (Å²) in [5, 5.41) is 0. The summed E-state index contributed by atoms with van der Waals surface area (Å²) in [5.74, 6) is 4.81. The smallest absolute Gasteiger partial charge is 0.0913 e. The fourth-order valence-electron chi connectivity index (χ4n) is 0.760. The van der Waals surface area contributed by atoms with Crippen molar-refractivity contribution in [2.75, 3.05) is 39.6 Å². The van der Waals surface area contributed by atoms with Gasteiger partial charge in [-0.3, -0.25) is 0 Å². The lowest BCUT2D eigenvalue weighted by molar-refractivity contribution is 0.0354. The highest BCUT2D eigenvalue weighted by Gasteiger charge is 1.90. The average Bonchev–Trinajstić information content (AvgIpc) is 2.16. The van der Waals surface area contributed by atoms with Gasteiger partial charge in [0.25, 0.3) is 0 Å². The van der Waals surface area contributed by atoms with Crippen LogP contribution in [0.4, 0.5) is 0 Å². The largest absolute Gasteiger partial charge is 0.381 e. The van der Waals surface area contributed by atoms with Crippen molar-refractivity contribution in [3.05, 3.63) is 0 Å². The van der Waals surface area contributed by atoms with Gasteiger partial charge in [0.2, 0.25) is 0 Å². The molecule has 13 heavy (non-hydrogen) atoms. The summed E-state index contributed by atoms with van der Waals surface area (Å²) < 4.78 is 10.4. The van der Waals surface area contributed by atoms with Crippen LogP contribution in [0, 0.1) is 0 Å². The summed E-state index contributed by atoms with van der Waals surface area (Å²) in [6, 6.07) is 0. The maximum absolute atomic E-state index is 5.29. The lowest BCUT2D eigenvalue weighted by Crippen LogP contribution is -2.10. The standard InChI is InChI=1S/C8H20N2O3/c9-3-1-4-11-5-2-6-12-7-8-13-10/h1-10H2. The second kappa shape index (κ2) is 11.8. The average molecular weight is 192 g/mol. The SMILES string of the molecule is NCCCOCCCOCCON. The molecule has 0 heterocycles. The zero-order chi connectivity index (χ0) is 9.78. The van der Waals surface area contributed by atoms with Gasteiger partial charge in [0.15, 0.2) is 0 Å². The minimum atomic E-state index is 0.439. The topological polar surface area (TPSA) is 79.7 Å². The third-order valence-corrected chi connectivity index (χ3v) is 1.42. The van der Waals surface area contributed by atoms with Crippen LogP contribution in [0.1, 0.15) is 12.8 Å².